The van der Waals surface area contributed by atoms with Crippen LogP contribution in [0.3, 0.4) is 0 Å². The van der Waals surface area contributed by atoms with E-state index >= 15 is 0 Å². The molecule has 0 atom stereocenters. The van der Waals surface area contributed by atoms with Crippen LogP contribution in [-0.2, 0) is 5.41 Å². The van der Waals surface area contributed by atoms with Crippen molar-refractivity contribution in [1.29, 1.82) is 0 Å². The summed E-state index contributed by atoms with van der Waals surface area (Å²) in [7, 11) is 0. The lowest BCUT2D eigenvalue weighted by atomic mass is 9.82. The van der Waals surface area contributed by atoms with E-state index in [4.69, 9.17) is 0 Å². The molecule has 0 aliphatic heterocycles. The Hall–Kier alpha value is -6.70. The fourth-order valence-corrected chi connectivity index (χ4v) is 10.6. The topological polar surface area (TPSA) is 3.24 Å². The molecule has 1 nitrogen and oxygen atoms in total. The summed E-state index contributed by atoms with van der Waals surface area (Å²) in [4.78, 5) is 2.47. The summed E-state index contributed by atoms with van der Waals surface area (Å²) < 4.78 is 0. The Bertz CT molecular complexity index is 2930. The standard InChI is InChI=1S/C59H49N/c1-59(2)56-28-11-10-23-52(56)53-38-37-47(39-57(53)59)60(45-33-29-41(30-34-45)40-15-4-3-5-16-40)46-35-31-44(32-36-46)58-54(50-24-12-19-42-17-6-8-21-48(42)50)26-14-27-55(58)51-25-13-20-43-18-7-9-22-49(43)51/h6-14,17-40H,3-5,15-16H2,1-2H3. The van der Waals surface area contributed by atoms with Crippen molar-refractivity contribution in [2.45, 2.75) is 57.3 Å². The first-order chi connectivity index (χ1) is 29.5. The monoisotopic (exact) mass is 771 g/mol. The van der Waals surface area contributed by atoms with E-state index in [0.29, 0.717) is 5.92 Å². The molecule has 1 heteroatoms. The number of hydrogen-bond donors (Lipinski definition) is 0. The quantitative estimate of drug-likeness (QED) is 0.156. The van der Waals surface area contributed by atoms with Crippen molar-refractivity contribution < 1.29 is 0 Å². The molecule has 0 radical (unpaired) electrons. The molecule has 2 aliphatic carbocycles. The summed E-state index contributed by atoms with van der Waals surface area (Å²) in [5, 5.41) is 5.02. The molecule has 2 aliphatic rings. The lowest BCUT2D eigenvalue weighted by molar-refractivity contribution is 0.443. The molecule has 60 heavy (non-hydrogen) atoms. The van der Waals surface area contributed by atoms with Crippen molar-refractivity contribution in [3.63, 3.8) is 0 Å². The van der Waals surface area contributed by atoms with E-state index in [1.54, 1.807) is 0 Å². The first-order valence-corrected chi connectivity index (χ1v) is 21.9. The molecule has 0 aromatic heterocycles. The van der Waals surface area contributed by atoms with Gasteiger partial charge in [-0.2, -0.15) is 0 Å². The van der Waals surface area contributed by atoms with Crippen molar-refractivity contribution >= 4 is 38.6 Å². The van der Waals surface area contributed by atoms with Crippen molar-refractivity contribution in [3.05, 3.63) is 211 Å². The molecule has 9 aromatic rings. The van der Waals surface area contributed by atoms with Gasteiger partial charge in [0, 0.05) is 22.5 Å². The lowest BCUT2D eigenvalue weighted by Gasteiger charge is -2.29. The zero-order valence-corrected chi connectivity index (χ0v) is 34.5. The number of nitrogens with zero attached hydrogens (tertiary/aromatic N) is 1. The highest BCUT2D eigenvalue weighted by molar-refractivity contribution is 6.07. The highest BCUT2D eigenvalue weighted by atomic mass is 15.1. The molecule has 0 spiro atoms. The number of anilines is 3. The third-order valence-corrected chi connectivity index (χ3v) is 13.7. The average molecular weight is 772 g/mol. The number of benzene rings is 9. The van der Waals surface area contributed by atoms with Gasteiger partial charge in [0.15, 0.2) is 0 Å². The summed E-state index contributed by atoms with van der Waals surface area (Å²) in [6.45, 7) is 4.75. The first-order valence-electron chi connectivity index (χ1n) is 21.9. The van der Waals surface area contributed by atoms with Crippen LogP contribution in [-0.4, -0.2) is 0 Å². The molecular formula is C59H49N. The van der Waals surface area contributed by atoms with E-state index in [1.807, 2.05) is 0 Å². The minimum Gasteiger partial charge on any atom is -0.310 e. The molecule has 290 valence electrons. The van der Waals surface area contributed by atoms with Crippen molar-refractivity contribution in [2.75, 3.05) is 4.90 Å². The Morgan fingerprint density at radius 2 is 0.883 bits per heavy atom. The number of fused-ring (bicyclic) bond motifs is 5. The van der Waals surface area contributed by atoms with Gasteiger partial charge in [-0.05, 0) is 138 Å². The summed E-state index contributed by atoms with van der Waals surface area (Å²) in [6, 6.07) is 72.8. The van der Waals surface area contributed by atoms with Gasteiger partial charge in [0.1, 0.15) is 0 Å². The molecule has 1 fully saturated rings. The SMILES string of the molecule is CC1(C)c2ccccc2-c2ccc(N(c3ccc(-c4c(-c5cccc6ccccc56)cccc4-c4cccc5ccccc45)cc3)c3ccc(C4CCCCC4)cc3)cc21. The molecule has 0 bridgehead atoms. The largest absolute Gasteiger partial charge is 0.310 e. The second-order valence-corrected chi connectivity index (χ2v) is 17.5. The maximum atomic E-state index is 2.47. The van der Waals surface area contributed by atoms with Gasteiger partial charge in [0.2, 0.25) is 0 Å². The van der Waals surface area contributed by atoms with Gasteiger partial charge in [0.05, 0.1) is 0 Å². The van der Waals surface area contributed by atoms with Gasteiger partial charge in [0.25, 0.3) is 0 Å². The summed E-state index contributed by atoms with van der Waals surface area (Å²) in [6.07, 6.45) is 6.64. The minimum absolute atomic E-state index is 0.0916. The fraction of sp³-hybridized carbons (Fsp3) is 0.153. The Balaban J connectivity index is 1.08. The van der Waals surface area contributed by atoms with E-state index in [0.717, 1.165) is 5.69 Å². The first kappa shape index (κ1) is 36.4. The van der Waals surface area contributed by atoms with Crippen LogP contribution in [0.5, 0.6) is 0 Å². The zero-order chi connectivity index (χ0) is 40.2. The minimum atomic E-state index is -0.0916. The fourth-order valence-electron chi connectivity index (χ4n) is 10.6. The molecule has 0 saturated heterocycles. The van der Waals surface area contributed by atoms with Crippen LogP contribution in [0.15, 0.2) is 194 Å². The summed E-state index contributed by atoms with van der Waals surface area (Å²) >= 11 is 0. The molecule has 0 unspecified atom stereocenters. The Labute approximate surface area is 354 Å². The van der Waals surface area contributed by atoms with E-state index in [2.05, 4.69) is 213 Å². The zero-order valence-electron chi connectivity index (χ0n) is 34.5. The summed E-state index contributed by atoms with van der Waals surface area (Å²) in [5.41, 5.74) is 17.8. The Kier molecular flexibility index (Phi) is 9.00. The number of hydrogen-bond acceptors (Lipinski definition) is 1. The van der Waals surface area contributed by atoms with Gasteiger partial charge in [-0.1, -0.05) is 191 Å². The number of rotatable bonds is 7. The molecule has 0 heterocycles. The van der Waals surface area contributed by atoms with Gasteiger partial charge in [-0.15, -0.1) is 0 Å². The van der Waals surface area contributed by atoms with Crippen LogP contribution in [0.1, 0.15) is 68.6 Å². The highest BCUT2D eigenvalue weighted by Crippen LogP contribution is 2.51. The van der Waals surface area contributed by atoms with Crippen LogP contribution in [0.4, 0.5) is 17.1 Å². The van der Waals surface area contributed by atoms with E-state index in [9.17, 15) is 0 Å². The normalized spacial score (nSPS) is 14.6. The third kappa shape index (κ3) is 6.15. The van der Waals surface area contributed by atoms with Crippen LogP contribution < -0.4 is 4.90 Å². The molecule has 0 amide bonds. The van der Waals surface area contributed by atoms with Crippen LogP contribution in [0.25, 0.3) is 66.1 Å². The van der Waals surface area contributed by atoms with E-state index in [1.165, 1.54) is 126 Å². The second kappa shape index (κ2) is 14.8. The molecular weight excluding hydrogens is 723 g/mol. The highest BCUT2D eigenvalue weighted by Gasteiger charge is 2.35. The van der Waals surface area contributed by atoms with Gasteiger partial charge in [-0.25, -0.2) is 0 Å². The average Bonchev–Trinajstić information content (AvgIpc) is 3.54. The predicted octanol–water partition coefficient (Wildman–Crippen LogP) is 16.8. The van der Waals surface area contributed by atoms with Crippen LogP contribution >= 0.6 is 0 Å². The van der Waals surface area contributed by atoms with E-state index < -0.39 is 0 Å². The Morgan fingerprint density at radius 1 is 0.400 bits per heavy atom. The van der Waals surface area contributed by atoms with Crippen molar-refractivity contribution in [3.8, 4) is 44.5 Å². The second-order valence-electron chi connectivity index (χ2n) is 17.5. The van der Waals surface area contributed by atoms with Gasteiger partial charge >= 0.3 is 0 Å². The maximum absolute atomic E-state index is 2.47. The maximum Gasteiger partial charge on any atom is 0.0465 e. The predicted molar refractivity (Wildman–Crippen MR) is 256 cm³/mol. The summed E-state index contributed by atoms with van der Waals surface area (Å²) in [5.74, 6) is 0.664. The molecule has 9 aromatic carbocycles. The van der Waals surface area contributed by atoms with Gasteiger partial charge in [-0.3, -0.25) is 0 Å². The van der Waals surface area contributed by atoms with Gasteiger partial charge < -0.3 is 4.90 Å². The smallest absolute Gasteiger partial charge is 0.0465 e. The Morgan fingerprint density at radius 3 is 1.53 bits per heavy atom. The van der Waals surface area contributed by atoms with Crippen LogP contribution in [0, 0.1) is 0 Å². The lowest BCUT2D eigenvalue weighted by Crippen LogP contribution is -2.16. The molecule has 0 N–H and O–H groups in total. The third-order valence-electron chi connectivity index (χ3n) is 13.7. The molecule has 1 saturated carbocycles. The van der Waals surface area contributed by atoms with Crippen molar-refractivity contribution in [2.24, 2.45) is 0 Å². The van der Waals surface area contributed by atoms with E-state index in [-0.39, 0.29) is 5.41 Å². The van der Waals surface area contributed by atoms with Crippen molar-refractivity contribution in [1.82, 2.24) is 0 Å². The molecule has 11 rings (SSSR count). The van der Waals surface area contributed by atoms with Crippen LogP contribution in [0.2, 0.25) is 0 Å².